The molecule has 1 aliphatic carbocycles. The van der Waals surface area contributed by atoms with Crippen LogP contribution in [-0.4, -0.2) is 17.6 Å². The number of pyridine rings is 1. The number of aromatic nitrogens is 1. The van der Waals surface area contributed by atoms with Crippen molar-refractivity contribution in [2.24, 2.45) is 5.92 Å². The van der Waals surface area contributed by atoms with E-state index < -0.39 is 0 Å². The molecule has 0 radical (unpaired) electrons. The lowest BCUT2D eigenvalue weighted by Gasteiger charge is -2.20. The molecule has 0 aromatic carbocycles. The third-order valence-corrected chi connectivity index (χ3v) is 3.09. The van der Waals surface area contributed by atoms with Crippen molar-refractivity contribution in [3.63, 3.8) is 0 Å². The summed E-state index contributed by atoms with van der Waals surface area (Å²) < 4.78 is 17.8. The van der Waals surface area contributed by atoms with Crippen LogP contribution in [-0.2, 0) is 9.53 Å². The van der Waals surface area contributed by atoms with E-state index in [1.165, 1.54) is 12.3 Å². The highest BCUT2D eigenvalue weighted by molar-refractivity contribution is 5.75. The molecule has 2 rings (SSSR count). The van der Waals surface area contributed by atoms with Crippen LogP contribution in [0.2, 0.25) is 0 Å². The maximum absolute atomic E-state index is 12.8. The van der Waals surface area contributed by atoms with Crippen molar-refractivity contribution in [2.75, 3.05) is 6.61 Å². The van der Waals surface area contributed by atoms with Crippen molar-refractivity contribution < 1.29 is 13.9 Å². The second-order valence-electron chi connectivity index (χ2n) is 4.31. The molecule has 0 saturated heterocycles. The van der Waals surface area contributed by atoms with Crippen molar-refractivity contribution in [2.45, 2.75) is 26.2 Å². The third kappa shape index (κ3) is 2.94. The molecule has 3 nitrogen and oxygen atoms in total. The summed E-state index contributed by atoms with van der Waals surface area (Å²) >= 11 is 0. The minimum absolute atomic E-state index is 0.0471. The molecule has 1 aromatic rings. The SMILES string of the molecule is CCOC(=O)[C@@H]1CC=C(c2ccc(F)cn2)CC1. The Kier molecular flexibility index (Phi) is 4.07. The van der Waals surface area contributed by atoms with Gasteiger partial charge in [-0.2, -0.15) is 0 Å². The molecule has 96 valence electrons. The van der Waals surface area contributed by atoms with Crippen LogP contribution in [0.4, 0.5) is 4.39 Å². The Bertz CT molecular complexity index is 453. The second-order valence-corrected chi connectivity index (χ2v) is 4.31. The first-order valence-corrected chi connectivity index (χ1v) is 6.18. The highest BCUT2D eigenvalue weighted by Crippen LogP contribution is 2.29. The quantitative estimate of drug-likeness (QED) is 0.773. The summed E-state index contributed by atoms with van der Waals surface area (Å²) in [6.07, 6.45) is 5.44. The van der Waals surface area contributed by atoms with Gasteiger partial charge < -0.3 is 4.74 Å². The minimum Gasteiger partial charge on any atom is -0.466 e. The maximum atomic E-state index is 12.8. The fourth-order valence-electron chi connectivity index (χ4n) is 2.11. The van der Waals surface area contributed by atoms with Gasteiger partial charge in [-0.1, -0.05) is 6.08 Å². The van der Waals surface area contributed by atoms with Gasteiger partial charge in [-0.3, -0.25) is 9.78 Å². The van der Waals surface area contributed by atoms with E-state index in [9.17, 15) is 9.18 Å². The smallest absolute Gasteiger partial charge is 0.309 e. The van der Waals surface area contributed by atoms with Crippen LogP contribution >= 0.6 is 0 Å². The van der Waals surface area contributed by atoms with Crippen LogP contribution in [0.3, 0.4) is 0 Å². The molecule has 0 spiro atoms. The molecule has 18 heavy (non-hydrogen) atoms. The highest BCUT2D eigenvalue weighted by Gasteiger charge is 2.23. The van der Waals surface area contributed by atoms with Crippen molar-refractivity contribution >= 4 is 11.5 Å². The number of esters is 1. The molecule has 1 atom stereocenters. The molecular formula is C14H16FNO2. The van der Waals surface area contributed by atoms with Crippen LogP contribution in [0.1, 0.15) is 31.9 Å². The van der Waals surface area contributed by atoms with E-state index in [0.29, 0.717) is 13.0 Å². The van der Waals surface area contributed by atoms with Gasteiger partial charge in [0.2, 0.25) is 0 Å². The van der Waals surface area contributed by atoms with E-state index in [1.807, 2.05) is 13.0 Å². The van der Waals surface area contributed by atoms with Gasteiger partial charge in [0.25, 0.3) is 0 Å². The molecular weight excluding hydrogens is 233 g/mol. The van der Waals surface area contributed by atoms with Crippen LogP contribution < -0.4 is 0 Å². The predicted octanol–water partition coefficient (Wildman–Crippen LogP) is 2.97. The van der Waals surface area contributed by atoms with E-state index in [-0.39, 0.29) is 17.7 Å². The number of rotatable bonds is 3. The van der Waals surface area contributed by atoms with Gasteiger partial charge in [0.1, 0.15) is 5.82 Å². The van der Waals surface area contributed by atoms with Gasteiger partial charge >= 0.3 is 5.97 Å². The Morgan fingerprint density at radius 2 is 2.39 bits per heavy atom. The second kappa shape index (κ2) is 5.76. The van der Waals surface area contributed by atoms with Crippen LogP contribution in [0.25, 0.3) is 5.57 Å². The number of allylic oxidation sites excluding steroid dienone is 2. The lowest BCUT2D eigenvalue weighted by atomic mass is 9.88. The van der Waals surface area contributed by atoms with Crippen LogP contribution in [0, 0.1) is 11.7 Å². The predicted molar refractivity (Wildman–Crippen MR) is 66.1 cm³/mol. The summed E-state index contributed by atoms with van der Waals surface area (Å²) in [5, 5.41) is 0. The Hall–Kier alpha value is -1.71. The fraction of sp³-hybridized carbons (Fsp3) is 0.429. The molecule has 0 saturated carbocycles. The molecule has 0 fully saturated rings. The summed E-state index contributed by atoms with van der Waals surface area (Å²) in [6, 6.07) is 3.08. The van der Waals surface area contributed by atoms with Gasteiger partial charge in [0.05, 0.1) is 24.4 Å². The standard InChI is InChI=1S/C14H16FNO2/c1-2-18-14(17)11-5-3-10(4-6-11)13-8-7-12(15)9-16-13/h3,7-9,11H,2,4-6H2,1H3/t11-/m1/s1. The highest BCUT2D eigenvalue weighted by atomic mass is 19.1. The molecule has 1 aliphatic rings. The largest absolute Gasteiger partial charge is 0.466 e. The van der Waals surface area contributed by atoms with Crippen molar-refractivity contribution in [1.82, 2.24) is 4.98 Å². The maximum Gasteiger partial charge on any atom is 0.309 e. The number of carbonyl (C=O) groups excluding carboxylic acids is 1. The lowest BCUT2D eigenvalue weighted by molar-refractivity contribution is -0.148. The van der Waals surface area contributed by atoms with Crippen molar-refractivity contribution in [3.8, 4) is 0 Å². The summed E-state index contributed by atoms with van der Waals surface area (Å²) in [5.41, 5.74) is 1.87. The topological polar surface area (TPSA) is 39.2 Å². The van der Waals surface area contributed by atoms with Gasteiger partial charge in [-0.15, -0.1) is 0 Å². The molecule has 0 aliphatic heterocycles. The summed E-state index contributed by atoms with van der Waals surface area (Å²) in [5.74, 6) is -0.506. The van der Waals surface area contributed by atoms with Crippen LogP contribution in [0.15, 0.2) is 24.4 Å². The average Bonchev–Trinajstić information content (AvgIpc) is 2.40. The summed E-state index contributed by atoms with van der Waals surface area (Å²) in [7, 11) is 0. The number of hydrogen-bond acceptors (Lipinski definition) is 3. The third-order valence-electron chi connectivity index (χ3n) is 3.09. The van der Waals surface area contributed by atoms with Gasteiger partial charge in [-0.25, -0.2) is 4.39 Å². The number of ether oxygens (including phenoxy) is 1. The number of nitrogens with zero attached hydrogens (tertiary/aromatic N) is 1. The zero-order chi connectivity index (χ0) is 13.0. The Balaban J connectivity index is 2.02. The van der Waals surface area contributed by atoms with Crippen LogP contribution in [0.5, 0.6) is 0 Å². The van der Waals surface area contributed by atoms with Gasteiger partial charge in [0, 0.05) is 0 Å². The molecule has 0 unspecified atom stereocenters. The lowest BCUT2D eigenvalue weighted by Crippen LogP contribution is -2.19. The first kappa shape index (κ1) is 12.7. The monoisotopic (exact) mass is 249 g/mol. The Morgan fingerprint density at radius 3 is 2.94 bits per heavy atom. The Morgan fingerprint density at radius 1 is 1.56 bits per heavy atom. The summed E-state index contributed by atoms with van der Waals surface area (Å²) in [6.45, 7) is 2.23. The fourth-order valence-corrected chi connectivity index (χ4v) is 2.11. The van der Waals surface area contributed by atoms with E-state index >= 15 is 0 Å². The first-order valence-electron chi connectivity index (χ1n) is 6.18. The van der Waals surface area contributed by atoms with E-state index in [1.54, 1.807) is 6.07 Å². The van der Waals surface area contributed by atoms with E-state index in [2.05, 4.69) is 4.98 Å². The first-order chi connectivity index (χ1) is 8.70. The number of hydrogen-bond donors (Lipinski definition) is 0. The normalized spacial score (nSPS) is 19.2. The summed E-state index contributed by atoms with van der Waals surface area (Å²) in [4.78, 5) is 15.6. The molecule has 1 aromatic heterocycles. The van der Waals surface area contributed by atoms with Gasteiger partial charge in [-0.05, 0) is 43.9 Å². The van der Waals surface area contributed by atoms with E-state index in [4.69, 9.17) is 4.74 Å². The van der Waals surface area contributed by atoms with E-state index in [0.717, 1.165) is 24.1 Å². The van der Waals surface area contributed by atoms with Crippen molar-refractivity contribution in [1.29, 1.82) is 0 Å². The Labute approximate surface area is 106 Å². The molecule has 0 N–H and O–H groups in total. The molecule has 0 bridgehead atoms. The number of carbonyl (C=O) groups is 1. The molecule has 1 heterocycles. The molecule has 0 amide bonds. The van der Waals surface area contributed by atoms with Crippen molar-refractivity contribution in [3.05, 3.63) is 35.9 Å². The zero-order valence-electron chi connectivity index (χ0n) is 10.4. The van der Waals surface area contributed by atoms with Gasteiger partial charge in [0.15, 0.2) is 0 Å². The number of halogens is 1. The zero-order valence-corrected chi connectivity index (χ0v) is 10.4. The minimum atomic E-state index is -0.334. The molecule has 4 heteroatoms. The average molecular weight is 249 g/mol.